The number of amides is 3. The van der Waals surface area contributed by atoms with Crippen LogP contribution in [0.2, 0.25) is 0 Å². The highest BCUT2D eigenvalue weighted by molar-refractivity contribution is 5.95. The zero-order valence-corrected chi connectivity index (χ0v) is 17.6. The van der Waals surface area contributed by atoms with Gasteiger partial charge in [-0.1, -0.05) is 30.3 Å². The Kier molecular flexibility index (Phi) is 10.3. The van der Waals surface area contributed by atoms with Crippen LogP contribution in [0.4, 0.5) is 0 Å². The summed E-state index contributed by atoms with van der Waals surface area (Å²) in [5, 5.41) is 34.5. The highest BCUT2D eigenvalue weighted by Crippen LogP contribution is 2.05. The highest BCUT2D eigenvalue weighted by Gasteiger charge is 2.30. The lowest BCUT2D eigenvalue weighted by Crippen LogP contribution is -2.57. The van der Waals surface area contributed by atoms with Gasteiger partial charge in [-0.2, -0.15) is 0 Å². The monoisotopic (exact) mass is 452 g/mol. The van der Waals surface area contributed by atoms with Crippen molar-refractivity contribution in [1.82, 2.24) is 16.0 Å². The van der Waals surface area contributed by atoms with Crippen LogP contribution < -0.4 is 21.7 Å². The van der Waals surface area contributed by atoms with Gasteiger partial charge in [-0.15, -0.1) is 0 Å². The van der Waals surface area contributed by atoms with Crippen molar-refractivity contribution in [2.45, 2.75) is 57.0 Å². The minimum Gasteiger partial charge on any atom is -0.481 e. The van der Waals surface area contributed by atoms with Crippen LogP contribution in [0.5, 0.6) is 0 Å². The van der Waals surface area contributed by atoms with Gasteiger partial charge in [0, 0.05) is 6.42 Å². The van der Waals surface area contributed by atoms with Gasteiger partial charge in [0.25, 0.3) is 0 Å². The van der Waals surface area contributed by atoms with E-state index in [4.69, 9.17) is 10.8 Å². The zero-order valence-electron chi connectivity index (χ0n) is 17.6. The molecule has 0 saturated heterocycles. The van der Waals surface area contributed by atoms with E-state index in [1.165, 1.54) is 13.8 Å². The number of hydrogen-bond acceptors (Lipinski definition) is 7. The summed E-state index contributed by atoms with van der Waals surface area (Å²) in [7, 11) is 0. The summed E-state index contributed by atoms with van der Waals surface area (Å²) in [4.78, 5) is 59.5. The van der Waals surface area contributed by atoms with Gasteiger partial charge >= 0.3 is 11.9 Å². The molecule has 12 heteroatoms. The van der Waals surface area contributed by atoms with E-state index >= 15 is 0 Å². The second kappa shape index (κ2) is 12.4. The van der Waals surface area contributed by atoms with E-state index in [1.54, 1.807) is 30.3 Å². The third-order valence-electron chi connectivity index (χ3n) is 4.48. The normalized spacial score (nSPS) is 15.4. The van der Waals surface area contributed by atoms with E-state index in [2.05, 4.69) is 16.0 Å². The second-order valence-corrected chi connectivity index (χ2v) is 7.24. The summed E-state index contributed by atoms with van der Waals surface area (Å²) < 4.78 is 0. The maximum atomic E-state index is 12.6. The summed E-state index contributed by atoms with van der Waals surface area (Å²) in [6, 6.07) is 3.01. The van der Waals surface area contributed by atoms with Crippen LogP contribution in [0.3, 0.4) is 0 Å². The predicted molar refractivity (Wildman–Crippen MR) is 111 cm³/mol. The van der Waals surface area contributed by atoms with Crippen molar-refractivity contribution >= 4 is 29.7 Å². The molecule has 0 aliphatic rings. The van der Waals surface area contributed by atoms with E-state index in [-0.39, 0.29) is 6.42 Å². The summed E-state index contributed by atoms with van der Waals surface area (Å²) >= 11 is 0. The van der Waals surface area contributed by atoms with E-state index in [9.17, 15) is 34.2 Å². The number of benzene rings is 1. The minimum atomic E-state index is -1.59. The van der Waals surface area contributed by atoms with Crippen LogP contribution in [-0.4, -0.2) is 75.3 Å². The number of carbonyl (C=O) groups excluding carboxylic acids is 3. The molecule has 0 fully saturated rings. The molecule has 12 nitrogen and oxygen atoms in total. The molecule has 0 heterocycles. The fourth-order valence-corrected chi connectivity index (χ4v) is 2.60. The van der Waals surface area contributed by atoms with Crippen LogP contribution in [0.1, 0.15) is 25.8 Å². The van der Waals surface area contributed by atoms with Gasteiger partial charge in [0.15, 0.2) is 0 Å². The summed E-state index contributed by atoms with van der Waals surface area (Å²) in [6.45, 7) is 2.56. The highest BCUT2D eigenvalue weighted by atomic mass is 16.4. The molecule has 8 N–H and O–H groups in total. The van der Waals surface area contributed by atoms with E-state index in [0.29, 0.717) is 5.56 Å². The SMILES string of the molecule is CC(NC(=O)C(N)C(C)O)C(=O)NC(CC(=O)O)C(=O)NC(Cc1ccccc1)C(=O)O. The Labute approximate surface area is 184 Å². The van der Waals surface area contributed by atoms with Gasteiger partial charge in [-0.05, 0) is 19.4 Å². The molecule has 5 unspecified atom stereocenters. The van der Waals surface area contributed by atoms with Crippen LogP contribution in [0, 0.1) is 0 Å². The van der Waals surface area contributed by atoms with Crippen LogP contribution in [0.25, 0.3) is 0 Å². The molecular formula is C20H28N4O8. The van der Waals surface area contributed by atoms with E-state index in [1.807, 2.05) is 0 Å². The molecule has 0 saturated carbocycles. The quantitative estimate of drug-likeness (QED) is 0.186. The summed E-state index contributed by atoms with van der Waals surface area (Å²) in [5.41, 5.74) is 6.11. The molecule has 1 rings (SSSR count). The zero-order chi connectivity index (χ0) is 24.4. The molecule has 0 spiro atoms. The lowest BCUT2D eigenvalue weighted by molar-refractivity contribution is -0.143. The molecule has 0 radical (unpaired) electrons. The lowest BCUT2D eigenvalue weighted by atomic mass is 10.0. The van der Waals surface area contributed by atoms with Crippen molar-refractivity contribution in [2.24, 2.45) is 5.73 Å². The first kappa shape index (κ1) is 26.5. The number of rotatable bonds is 12. The Bertz CT molecular complexity index is 830. The third-order valence-corrected chi connectivity index (χ3v) is 4.48. The van der Waals surface area contributed by atoms with Gasteiger partial charge in [-0.3, -0.25) is 19.2 Å². The molecule has 5 atom stereocenters. The van der Waals surface area contributed by atoms with Gasteiger partial charge in [0.1, 0.15) is 24.2 Å². The van der Waals surface area contributed by atoms with Crippen LogP contribution in [0.15, 0.2) is 30.3 Å². The Hall–Kier alpha value is -3.51. The largest absolute Gasteiger partial charge is 0.481 e. The van der Waals surface area contributed by atoms with Crippen molar-refractivity contribution in [3.63, 3.8) is 0 Å². The number of hydrogen-bond donors (Lipinski definition) is 7. The molecule has 0 aliphatic heterocycles. The van der Waals surface area contributed by atoms with Crippen molar-refractivity contribution in [1.29, 1.82) is 0 Å². The van der Waals surface area contributed by atoms with E-state index in [0.717, 1.165) is 0 Å². The molecular weight excluding hydrogens is 424 g/mol. The van der Waals surface area contributed by atoms with Crippen molar-refractivity contribution in [3.8, 4) is 0 Å². The topological polar surface area (TPSA) is 208 Å². The number of carboxylic acid groups (broad SMARTS) is 2. The molecule has 3 amide bonds. The Morgan fingerprint density at radius 3 is 1.94 bits per heavy atom. The standard InChI is InChI=1S/C20H28N4O8/c1-10(22-19(30)16(21)11(2)25)17(28)23-13(9-15(26)27)18(29)24-14(20(31)32)8-12-6-4-3-5-7-12/h3-7,10-11,13-14,16,25H,8-9,21H2,1-2H3,(H,22,30)(H,23,28)(H,24,29)(H,26,27)(H,31,32). The molecule has 32 heavy (non-hydrogen) atoms. The van der Waals surface area contributed by atoms with Crippen LogP contribution >= 0.6 is 0 Å². The summed E-state index contributed by atoms with van der Waals surface area (Å²) in [5.74, 6) is -5.48. The first-order chi connectivity index (χ1) is 14.9. The van der Waals surface area contributed by atoms with Crippen molar-refractivity contribution < 1.29 is 39.3 Å². The van der Waals surface area contributed by atoms with Crippen LogP contribution in [-0.2, 0) is 30.4 Å². The number of nitrogens with one attached hydrogen (secondary N) is 3. The van der Waals surface area contributed by atoms with Gasteiger partial charge in [-0.25, -0.2) is 4.79 Å². The molecule has 0 aliphatic carbocycles. The second-order valence-electron chi connectivity index (χ2n) is 7.24. The van der Waals surface area contributed by atoms with Crippen molar-refractivity contribution in [2.75, 3.05) is 0 Å². The molecule has 1 aromatic carbocycles. The average molecular weight is 452 g/mol. The predicted octanol–water partition coefficient (Wildman–Crippen LogP) is -2.03. The maximum absolute atomic E-state index is 12.6. The molecule has 1 aromatic rings. The smallest absolute Gasteiger partial charge is 0.326 e. The van der Waals surface area contributed by atoms with E-state index < -0.39 is 66.4 Å². The first-order valence-corrected chi connectivity index (χ1v) is 9.75. The van der Waals surface area contributed by atoms with Gasteiger partial charge < -0.3 is 37.0 Å². The number of aliphatic hydroxyl groups excluding tert-OH is 1. The number of nitrogens with two attached hydrogens (primary N) is 1. The number of carboxylic acids is 2. The Morgan fingerprint density at radius 1 is 0.875 bits per heavy atom. The molecule has 0 aromatic heterocycles. The number of carbonyl (C=O) groups is 5. The maximum Gasteiger partial charge on any atom is 0.326 e. The summed E-state index contributed by atoms with van der Waals surface area (Å²) in [6.07, 6.45) is -2.05. The molecule has 0 bridgehead atoms. The van der Waals surface area contributed by atoms with Gasteiger partial charge in [0.2, 0.25) is 17.7 Å². The molecule has 176 valence electrons. The fourth-order valence-electron chi connectivity index (χ4n) is 2.60. The Balaban J connectivity index is 2.85. The number of aliphatic hydroxyl groups is 1. The minimum absolute atomic E-state index is 0.0562. The average Bonchev–Trinajstić information content (AvgIpc) is 2.72. The third kappa shape index (κ3) is 8.70. The Morgan fingerprint density at radius 2 is 1.44 bits per heavy atom. The fraction of sp³-hybridized carbons (Fsp3) is 0.450. The van der Waals surface area contributed by atoms with Gasteiger partial charge in [0.05, 0.1) is 12.5 Å². The number of aliphatic carboxylic acids is 2. The lowest BCUT2D eigenvalue weighted by Gasteiger charge is -2.23. The van der Waals surface area contributed by atoms with Crippen molar-refractivity contribution in [3.05, 3.63) is 35.9 Å². The first-order valence-electron chi connectivity index (χ1n) is 9.75.